The third kappa shape index (κ3) is 2.70. The molecule has 1 aromatic carbocycles. The fourth-order valence-corrected chi connectivity index (χ4v) is 2.45. The summed E-state index contributed by atoms with van der Waals surface area (Å²) in [4.78, 5) is 2.28. The first kappa shape index (κ1) is 13.0. The lowest BCUT2D eigenvalue weighted by Gasteiger charge is -2.33. The van der Waals surface area contributed by atoms with Crippen LogP contribution in [0.1, 0.15) is 19.8 Å². The molecule has 0 unspecified atom stereocenters. The summed E-state index contributed by atoms with van der Waals surface area (Å²) in [5.74, 6) is 1.21. The van der Waals surface area contributed by atoms with Crippen LogP contribution in [0.2, 0.25) is 0 Å². The van der Waals surface area contributed by atoms with Crippen molar-refractivity contribution in [1.82, 2.24) is 0 Å². The highest BCUT2D eigenvalue weighted by Gasteiger charge is 2.20. The number of benzene rings is 1. The van der Waals surface area contributed by atoms with Gasteiger partial charge >= 0.3 is 0 Å². The van der Waals surface area contributed by atoms with E-state index < -0.39 is 0 Å². The molecule has 0 radical (unpaired) electrons. The van der Waals surface area contributed by atoms with Gasteiger partial charge in [-0.05, 0) is 37.8 Å². The molecule has 1 aliphatic rings. The zero-order valence-corrected chi connectivity index (χ0v) is 10.9. The van der Waals surface area contributed by atoms with Gasteiger partial charge < -0.3 is 20.5 Å². The Bertz CT molecular complexity index is 387. The highest BCUT2D eigenvalue weighted by atomic mass is 16.5. The van der Waals surface area contributed by atoms with E-state index in [9.17, 15) is 0 Å². The van der Waals surface area contributed by atoms with Gasteiger partial charge in [-0.25, -0.2) is 0 Å². The number of hydrogen-bond acceptors (Lipinski definition) is 4. The van der Waals surface area contributed by atoms with Crippen LogP contribution in [0.5, 0.6) is 5.75 Å². The quantitative estimate of drug-likeness (QED) is 0.801. The van der Waals surface area contributed by atoms with E-state index in [-0.39, 0.29) is 0 Å². The number of ether oxygens (including phenoxy) is 1. The Labute approximate surface area is 108 Å². The largest absolute Gasteiger partial charge is 0.492 e. The topological polar surface area (TPSA) is 58.7 Å². The van der Waals surface area contributed by atoms with Crippen molar-refractivity contribution in [2.45, 2.75) is 19.8 Å². The minimum absolute atomic E-state index is 0.294. The van der Waals surface area contributed by atoms with E-state index in [0.717, 1.165) is 43.1 Å². The van der Waals surface area contributed by atoms with Gasteiger partial charge in [0.15, 0.2) is 0 Å². The number of nitrogen functional groups attached to an aromatic ring is 1. The molecule has 0 atom stereocenters. The highest BCUT2D eigenvalue weighted by molar-refractivity contribution is 5.74. The van der Waals surface area contributed by atoms with Gasteiger partial charge in [-0.2, -0.15) is 0 Å². The van der Waals surface area contributed by atoms with Crippen LogP contribution in [0.15, 0.2) is 18.2 Å². The van der Waals surface area contributed by atoms with E-state index in [2.05, 4.69) is 4.90 Å². The second-order valence-electron chi connectivity index (χ2n) is 4.73. The molecule has 100 valence electrons. The number of piperidine rings is 1. The number of nitrogens with zero attached hydrogens (tertiary/aromatic N) is 1. The molecule has 1 heterocycles. The molecule has 1 saturated heterocycles. The van der Waals surface area contributed by atoms with Gasteiger partial charge in [-0.1, -0.05) is 6.07 Å². The van der Waals surface area contributed by atoms with Crippen molar-refractivity contribution in [1.29, 1.82) is 0 Å². The van der Waals surface area contributed by atoms with Crippen LogP contribution in [-0.4, -0.2) is 31.4 Å². The fraction of sp³-hybridized carbons (Fsp3) is 0.571. The lowest BCUT2D eigenvalue weighted by molar-refractivity contribution is 0.203. The van der Waals surface area contributed by atoms with E-state index in [4.69, 9.17) is 15.6 Å². The summed E-state index contributed by atoms with van der Waals surface area (Å²) >= 11 is 0. The van der Waals surface area contributed by atoms with Crippen molar-refractivity contribution in [2.75, 3.05) is 36.9 Å². The maximum absolute atomic E-state index is 9.15. The molecule has 1 aliphatic heterocycles. The maximum atomic E-state index is 9.15. The van der Waals surface area contributed by atoms with Crippen molar-refractivity contribution in [2.24, 2.45) is 5.92 Å². The van der Waals surface area contributed by atoms with Gasteiger partial charge in [0.05, 0.1) is 18.0 Å². The summed E-state index contributed by atoms with van der Waals surface area (Å²) in [6.45, 7) is 4.78. The van der Waals surface area contributed by atoms with Crippen LogP contribution < -0.4 is 15.4 Å². The number of aliphatic hydroxyl groups excluding tert-OH is 1. The zero-order chi connectivity index (χ0) is 13.0. The molecule has 2 rings (SSSR count). The summed E-state index contributed by atoms with van der Waals surface area (Å²) in [6, 6.07) is 5.93. The van der Waals surface area contributed by atoms with Crippen LogP contribution in [0, 0.1) is 5.92 Å². The Balaban J connectivity index is 2.11. The van der Waals surface area contributed by atoms with Gasteiger partial charge in [-0.3, -0.25) is 0 Å². The monoisotopic (exact) mass is 250 g/mol. The Morgan fingerprint density at radius 1 is 1.39 bits per heavy atom. The Morgan fingerprint density at radius 3 is 2.72 bits per heavy atom. The average Bonchev–Trinajstić information content (AvgIpc) is 2.42. The van der Waals surface area contributed by atoms with Crippen molar-refractivity contribution in [3.05, 3.63) is 18.2 Å². The Morgan fingerprint density at radius 2 is 2.11 bits per heavy atom. The first-order chi connectivity index (χ1) is 8.76. The molecule has 0 bridgehead atoms. The van der Waals surface area contributed by atoms with Crippen molar-refractivity contribution in [3.8, 4) is 5.75 Å². The molecule has 1 fully saturated rings. The summed E-state index contributed by atoms with van der Waals surface area (Å²) in [6.07, 6.45) is 2.05. The summed E-state index contributed by atoms with van der Waals surface area (Å²) < 4.78 is 5.52. The van der Waals surface area contributed by atoms with Gasteiger partial charge in [0, 0.05) is 19.7 Å². The van der Waals surface area contributed by atoms with E-state index in [1.54, 1.807) is 0 Å². The third-order valence-corrected chi connectivity index (χ3v) is 3.56. The zero-order valence-electron chi connectivity index (χ0n) is 10.9. The predicted octanol–water partition coefficient (Wildman–Crippen LogP) is 1.88. The lowest BCUT2D eigenvalue weighted by atomic mass is 9.97. The Kier molecular flexibility index (Phi) is 4.31. The normalized spacial score (nSPS) is 16.9. The molecular formula is C14H22N2O2. The van der Waals surface area contributed by atoms with Crippen LogP contribution in [0.3, 0.4) is 0 Å². The molecule has 0 spiro atoms. The van der Waals surface area contributed by atoms with E-state index >= 15 is 0 Å². The number of para-hydroxylation sites is 1. The molecule has 4 heteroatoms. The Hall–Kier alpha value is -1.42. The molecule has 4 nitrogen and oxygen atoms in total. The SMILES string of the molecule is CCOc1cccc(N2CCC(CO)CC2)c1N. The first-order valence-corrected chi connectivity index (χ1v) is 6.63. The van der Waals surface area contributed by atoms with Gasteiger partial charge in [0.25, 0.3) is 0 Å². The maximum Gasteiger partial charge on any atom is 0.144 e. The number of hydrogen-bond donors (Lipinski definition) is 2. The molecule has 0 aromatic heterocycles. The molecule has 0 amide bonds. The minimum atomic E-state index is 0.294. The molecule has 3 N–H and O–H groups in total. The third-order valence-electron chi connectivity index (χ3n) is 3.56. The molecule has 18 heavy (non-hydrogen) atoms. The summed E-state index contributed by atoms with van der Waals surface area (Å²) in [5.41, 5.74) is 7.93. The van der Waals surface area contributed by atoms with Gasteiger partial charge in [0.2, 0.25) is 0 Å². The smallest absolute Gasteiger partial charge is 0.144 e. The summed E-state index contributed by atoms with van der Waals surface area (Å²) in [5, 5.41) is 9.15. The molecular weight excluding hydrogens is 228 g/mol. The number of nitrogens with two attached hydrogens (primary N) is 1. The van der Waals surface area contributed by atoms with Gasteiger partial charge in [0.1, 0.15) is 5.75 Å². The second-order valence-corrected chi connectivity index (χ2v) is 4.73. The van der Waals surface area contributed by atoms with Crippen molar-refractivity contribution in [3.63, 3.8) is 0 Å². The number of rotatable bonds is 4. The van der Waals surface area contributed by atoms with Crippen molar-refractivity contribution < 1.29 is 9.84 Å². The molecule has 0 aliphatic carbocycles. The predicted molar refractivity (Wildman–Crippen MR) is 74.0 cm³/mol. The van der Waals surface area contributed by atoms with Gasteiger partial charge in [-0.15, -0.1) is 0 Å². The second kappa shape index (κ2) is 5.96. The van der Waals surface area contributed by atoms with E-state index in [0.29, 0.717) is 19.1 Å². The van der Waals surface area contributed by atoms with Crippen LogP contribution in [0.4, 0.5) is 11.4 Å². The van der Waals surface area contributed by atoms with Crippen molar-refractivity contribution >= 4 is 11.4 Å². The van der Waals surface area contributed by atoms with E-state index in [1.807, 2.05) is 25.1 Å². The molecule has 1 aromatic rings. The highest BCUT2D eigenvalue weighted by Crippen LogP contribution is 2.34. The van der Waals surface area contributed by atoms with Crippen LogP contribution in [0.25, 0.3) is 0 Å². The fourth-order valence-electron chi connectivity index (χ4n) is 2.45. The van der Waals surface area contributed by atoms with Crippen LogP contribution >= 0.6 is 0 Å². The van der Waals surface area contributed by atoms with E-state index in [1.165, 1.54) is 0 Å². The minimum Gasteiger partial charge on any atom is -0.492 e. The average molecular weight is 250 g/mol. The van der Waals surface area contributed by atoms with Crippen LogP contribution in [-0.2, 0) is 0 Å². The number of anilines is 2. The molecule has 0 saturated carbocycles. The summed E-state index contributed by atoms with van der Waals surface area (Å²) in [7, 11) is 0. The number of aliphatic hydroxyl groups is 1. The standard InChI is InChI=1S/C14H22N2O2/c1-2-18-13-5-3-4-12(14(13)15)16-8-6-11(10-17)7-9-16/h3-5,11,17H,2,6-10,15H2,1H3. The first-order valence-electron chi connectivity index (χ1n) is 6.63. The lowest BCUT2D eigenvalue weighted by Crippen LogP contribution is -2.35.